The van der Waals surface area contributed by atoms with Gasteiger partial charge in [-0.2, -0.15) is 0 Å². The maximum atomic E-state index is 12.2. The van der Waals surface area contributed by atoms with Crippen LogP contribution in [0.3, 0.4) is 0 Å². The number of benzene rings is 1. The quantitative estimate of drug-likeness (QED) is 0.882. The van der Waals surface area contributed by atoms with Crippen molar-refractivity contribution in [3.63, 3.8) is 0 Å². The summed E-state index contributed by atoms with van der Waals surface area (Å²) >= 11 is 0. The third-order valence-corrected chi connectivity index (χ3v) is 3.14. The predicted molar refractivity (Wildman–Crippen MR) is 84.2 cm³/mol. The molecule has 0 bridgehead atoms. The molecule has 1 aromatic heterocycles. The van der Waals surface area contributed by atoms with Crippen molar-refractivity contribution in [2.24, 2.45) is 0 Å². The Kier molecular flexibility index (Phi) is 5.46. The van der Waals surface area contributed by atoms with Crippen LogP contribution in [-0.2, 0) is 6.42 Å². The fraction of sp³-hybridized carbons (Fsp3) is 0.294. The Balaban J connectivity index is 2.04. The number of hydrogen-bond donors (Lipinski definition) is 1. The highest BCUT2D eigenvalue weighted by Gasteiger charge is 2.15. The van der Waals surface area contributed by atoms with E-state index in [9.17, 15) is 4.79 Å². The van der Waals surface area contributed by atoms with Crippen LogP contribution < -0.4 is 5.32 Å². The van der Waals surface area contributed by atoms with Crippen molar-refractivity contribution in [1.29, 1.82) is 0 Å². The van der Waals surface area contributed by atoms with Crippen molar-refractivity contribution in [2.75, 3.05) is 20.6 Å². The van der Waals surface area contributed by atoms with Gasteiger partial charge in [-0.15, -0.1) is 0 Å². The summed E-state index contributed by atoms with van der Waals surface area (Å²) in [5.74, 6) is -0.126. The molecular weight excluding hydrogens is 262 g/mol. The molecular formula is C17H21N3O. The van der Waals surface area contributed by atoms with Gasteiger partial charge in [0.25, 0.3) is 5.91 Å². The van der Waals surface area contributed by atoms with Gasteiger partial charge >= 0.3 is 0 Å². The summed E-state index contributed by atoms with van der Waals surface area (Å²) in [4.78, 5) is 18.4. The lowest BCUT2D eigenvalue weighted by molar-refractivity contribution is 0.0925. The molecule has 4 nitrogen and oxygen atoms in total. The number of amides is 1. The summed E-state index contributed by atoms with van der Waals surface area (Å²) in [5.41, 5.74) is 1.67. The average Bonchev–Trinajstić information content (AvgIpc) is 2.48. The van der Waals surface area contributed by atoms with Gasteiger partial charge in [0, 0.05) is 18.8 Å². The van der Waals surface area contributed by atoms with Gasteiger partial charge in [-0.25, -0.2) is 0 Å². The maximum absolute atomic E-state index is 12.2. The fourth-order valence-electron chi connectivity index (χ4n) is 2.26. The first kappa shape index (κ1) is 15.2. The molecule has 0 unspecified atom stereocenters. The molecule has 1 aromatic carbocycles. The molecule has 2 aromatic rings. The third-order valence-electron chi connectivity index (χ3n) is 3.14. The first-order valence-electron chi connectivity index (χ1n) is 7.05. The van der Waals surface area contributed by atoms with E-state index >= 15 is 0 Å². The lowest BCUT2D eigenvalue weighted by Crippen LogP contribution is -2.43. The van der Waals surface area contributed by atoms with Crippen molar-refractivity contribution in [3.8, 4) is 0 Å². The molecule has 1 N–H and O–H groups in total. The molecule has 2 rings (SSSR count). The number of likely N-dealkylation sites (N-methyl/N-ethyl adjacent to an activating group) is 1. The highest BCUT2D eigenvalue weighted by molar-refractivity contribution is 5.92. The second-order valence-electron chi connectivity index (χ2n) is 5.34. The number of carbonyl (C=O) groups excluding carboxylic acids is 1. The standard InChI is InChI=1S/C17H21N3O/c1-20(2)13-15(12-14-8-4-3-5-9-14)19-17(21)16-10-6-7-11-18-16/h3-11,15H,12-13H2,1-2H3,(H,19,21)/t15-/m0/s1. The molecule has 110 valence electrons. The van der Waals surface area contributed by atoms with E-state index in [1.807, 2.05) is 38.4 Å². The lowest BCUT2D eigenvalue weighted by atomic mass is 10.1. The second-order valence-corrected chi connectivity index (χ2v) is 5.34. The maximum Gasteiger partial charge on any atom is 0.270 e. The van der Waals surface area contributed by atoms with Gasteiger partial charge in [-0.3, -0.25) is 9.78 Å². The van der Waals surface area contributed by atoms with E-state index in [0.29, 0.717) is 5.69 Å². The van der Waals surface area contributed by atoms with Crippen molar-refractivity contribution < 1.29 is 4.79 Å². The molecule has 0 aliphatic carbocycles. The number of aromatic nitrogens is 1. The molecule has 1 atom stereocenters. The van der Waals surface area contributed by atoms with Crippen molar-refractivity contribution in [1.82, 2.24) is 15.2 Å². The number of rotatable bonds is 6. The molecule has 0 aliphatic heterocycles. The van der Waals surface area contributed by atoms with Crippen LogP contribution in [0.15, 0.2) is 54.7 Å². The minimum atomic E-state index is -0.126. The highest BCUT2D eigenvalue weighted by Crippen LogP contribution is 2.05. The van der Waals surface area contributed by atoms with Gasteiger partial charge < -0.3 is 10.2 Å². The van der Waals surface area contributed by atoms with Crippen molar-refractivity contribution in [3.05, 3.63) is 66.0 Å². The molecule has 0 aliphatic rings. The van der Waals surface area contributed by atoms with Gasteiger partial charge in [-0.05, 0) is 38.2 Å². The van der Waals surface area contributed by atoms with E-state index in [4.69, 9.17) is 0 Å². The normalized spacial score (nSPS) is 12.1. The molecule has 1 heterocycles. The van der Waals surface area contributed by atoms with Crippen LogP contribution in [0, 0.1) is 0 Å². The number of nitrogens with one attached hydrogen (secondary N) is 1. The molecule has 0 radical (unpaired) electrons. The van der Waals surface area contributed by atoms with Gasteiger partial charge in [0.15, 0.2) is 0 Å². The zero-order valence-corrected chi connectivity index (χ0v) is 12.5. The van der Waals surface area contributed by atoms with Crippen molar-refractivity contribution in [2.45, 2.75) is 12.5 Å². The summed E-state index contributed by atoms with van der Waals surface area (Å²) in [5, 5.41) is 3.07. The van der Waals surface area contributed by atoms with Gasteiger partial charge in [0.05, 0.1) is 0 Å². The van der Waals surface area contributed by atoms with E-state index in [1.54, 1.807) is 18.3 Å². The number of pyridine rings is 1. The SMILES string of the molecule is CN(C)C[C@H](Cc1ccccc1)NC(=O)c1ccccn1. The number of hydrogen-bond acceptors (Lipinski definition) is 3. The highest BCUT2D eigenvalue weighted by atomic mass is 16.1. The van der Waals surface area contributed by atoms with E-state index < -0.39 is 0 Å². The second kappa shape index (κ2) is 7.55. The van der Waals surface area contributed by atoms with Gasteiger partial charge in [-0.1, -0.05) is 36.4 Å². The summed E-state index contributed by atoms with van der Waals surface area (Å²) in [6.45, 7) is 0.785. The molecule has 4 heteroatoms. The first-order valence-corrected chi connectivity index (χ1v) is 7.05. The Labute approximate surface area is 125 Å². The van der Waals surface area contributed by atoms with Crippen LogP contribution in [0.5, 0.6) is 0 Å². The monoisotopic (exact) mass is 283 g/mol. The van der Waals surface area contributed by atoms with E-state index in [1.165, 1.54) is 5.56 Å². The number of carbonyl (C=O) groups is 1. The average molecular weight is 283 g/mol. The molecule has 21 heavy (non-hydrogen) atoms. The minimum Gasteiger partial charge on any atom is -0.346 e. The zero-order valence-electron chi connectivity index (χ0n) is 12.5. The third kappa shape index (κ3) is 5.00. The fourth-order valence-corrected chi connectivity index (χ4v) is 2.26. The van der Waals surface area contributed by atoms with Crippen LogP contribution in [0.4, 0.5) is 0 Å². The summed E-state index contributed by atoms with van der Waals surface area (Å²) in [6, 6.07) is 15.6. The molecule has 1 amide bonds. The minimum absolute atomic E-state index is 0.0527. The van der Waals surface area contributed by atoms with Crippen molar-refractivity contribution >= 4 is 5.91 Å². The first-order chi connectivity index (χ1) is 10.1. The molecule has 0 spiro atoms. The Morgan fingerprint density at radius 3 is 2.48 bits per heavy atom. The van der Waals surface area contributed by atoms with E-state index in [-0.39, 0.29) is 11.9 Å². The largest absolute Gasteiger partial charge is 0.346 e. The van der Waals surface area contributed by atoms with Crippen LogP contribution >= 0.6 is 0 Å². The van der Waals surface area contributed by atoms with Crippen LogP contribution in [0.2, 0.25) is 0 Å². The smallest absolute Gasteiger partial charge is 0.270 e. The Morgan fingerprint density at radius 1 is 1.14 bits per heavy atom. The van der Waals surface area contributed by atoms with Gasteiger partial charge in [0.2, 0.25) is 0 Å². The van der Waals surface area contributed by atoms with E-state index in [2.05, 4.69) is 27.3 Å². The topological polar surface area (TPSA) is 45.2 Å². The summed E-state index contributed by atoms with van der Waals surface area (Å²) in [7, 11) is 4.01. The Bertz CT molecular complexity index is 555. The number of nitrogens with zero attached hydrogens (tertiary/aromatic N) is 2. The zero-order chi connectivity index (χ0) is 15.1. The van der Waals surface area contributed by atoms with Gasteiger partial charge in [0.1, 0.15) is 5.69 Å². The molecule has 0 fully saturated rings. The lowest BCUT2D eigenvalue weighted by Gasteiger charge is -2.22. The van der Waals surface area contributed by atoms with Crippen LogP contribution in [-0.4, -0.2) is 42.5 Å². The van der Waals surface area contributed by atoms with E-state index in [0.717, 1.165) is 13.0 Å². The summed E-state index contributed by atoms with van der Waals surface area (Å²) in [6.07, 6.45) is 2.44. The molecule has 0 saturated heterocycles. The molecule has 0 saturated carbocycles. The van der Waals surface area contributed by atoms with Crippen LogP contribution in [0.1, 0.15) is 16.1 Å². The Hall–Kier alpha value is -2.20. The summed E-state index contributed by atoms with van der Waals surface area (Å²) < 4.78 is 0. The van der Waals surface area contributed by atoms with Crippen LogP contribution in [0.25, 0.3) is 0 Å². The predicted octanol–water partition coefficient (Wildman–Crippen LogP) is 1.98. The Morgan fingerprint density at radius 2 is 1.86 bits per heavy atom.